The minimum Gasteiger partial charge on any atom is -0.374 e. The molecule has 112 valence electrons. The van der Waals surface area contributed by atoms with Gasteiger partial charge in [0.1, 0.15) is 0 Å². The van der Waals surface area contributed by atoms with Gasteiger partial charge in [0.15, 0.2) is 0 Å². The maximum Gasteiger partial charge on any atom is 0.0717 e. The average Bonchev–Trinajstić information content (AvgIpc) is 2.76. The van der Waals surface area contributed by atoms with Crippen molar-refractivity contribution in [2.75, 3.05) is 19.6 Å². The first kappa shape index (κ1) is 15.3. The predicted molar refractivity (Wildman–Crippen MR) is 81.4 cm³/mol. The van der Waals surface area contributed by atoms with E-state index >= 15 is 0 Å². The molecule has 0 aromatic heterocycles. The van der Waals surface area contributed by atoms with Crippen molar-refractivity contribution >= 4 is 0 Å². The Labute approximate surface area is 119 Å². The summed E-state index contributed by atoms with van der Waals surface area (Å²) in [7, 11) is 0. The van der Waals surface area contributed by atoms with Crippen molar-refractivity contribution in [2.45, 2.75) is 72.0 Å². The standard InChI is InChI=1S/C17H33NO/c1-13(2)16-7-5-15(6-8-16)11-18-10-9-17(12-18)19-14(3)4/h13-17H,5-12H2,1-4H3/t15?,16?,17-/m0/s1. The van der Waals surface area contributed by atoms with Gasteiger partial charge in [-0.2, -0.15) is 0 Å². The minimum absolute atomic E-state index is 0.381. The first-order valence-corrected chi connectivity index (χ1v) is 8.42. The maximum atomic E-state index is 5.94. The molecule has 2 fully saturated rings. The highest BCUT2D eigenvalue weighted by Gasteiger charge is 2.28. The van der Waals surface area contributed by atoms with Crippen LogP contribution in [0.5, 0.6) is 0 Å². The quantitative estimate of drug-likeness (QED) is 0.748. The van der Waals surface area contributed by atoms with Gasteiger partial charge in [-0.1, -0.05) is 13.8 Å². The van der Waals surface area contributed by atoms with Crippen LogP contribution in [0.4, 0.5) is 0 Å². The lowest BCUT2D eigenvalue weighted by atomic mass is 9.77. The van der Waals surface area contributed by atoms with Crippen LogP contribution in [0.2, 0.25) is 0 Å². The second-order valence-corrected chi connectivity index (χ2v) is 7.38. The van der Waals surface area contributed by atoms with Crippen molar-refractivity contribution in [3.63, 3.8) is 0 Å². The first-order chi connectivity index (χ1) is 9.04. The van der Waals surface area contributed by atoms with Crippen LogP contribution in [0.1, 0.15) is 59.8 Å². The number of likely N-dealkylation sites (tertiary alicyclic amines) is 1. The van der Waals surface area contributed by atoms with E-state index in [1.807, 2.05) is 0 Å². The molecule has 2 nitrogen and oxygen atoms in total. The molecular formula is C17H33NO. The van der Waals surface area contributed by atoms with Crippen LogP contribution in [0, 0.1) is 17.8 Å². The van der Waals surface area contributed by atoms with E-state index < -0.39 is 0 Å². The Kier molecular flexibility index (Phi) is 5.70. The second kappa shape index (κ2) is 7.08. The van der Waals surface area contributed by atoms with Gasteiger partial charge in [0, 0.05) is 19.6 Å². The molecule has 2 rings (SSSR count). The smallest absolute Gasteiger partial charge is 0.0717 e. The summed E-state index contributed by atoms with van der Waals surface area (Å²) in [4.78, 5) is 2.65. The lowest BCUT2D eigenvalue weighted by molar-refractivity contribution is 0.0128. The minimum atomic E-state index is 0.381. The van der Waals surface area contributed by atoms with Crippen LogP contribution < -0.4 is 0 Å². The Balaban J connectivity index is 1.66. The zero-order valence-corrected chi connectivity index (χ0v) is 13.4. The van der Waals surface area contributed by atoms with Gasteiger partial charge in [0.2, 0.25) is 0 Å². The summed E-state index contributed by atoms with van der Waals surface area (Å²) in [5, 5.41) is 0. The third-order valence-electron chi connectivity index (χ3n) is 5.04. The number of ether oxygens (including phenoxy) is 1. The van der Waals surface area contributed by atoms with E-state index in [-0.39, 0.29) is 0 Å². The Morgan fingerprint density at radius 2 is 1.68 bits per heavy atom. The molecule has 0 aromatic carbocycles. The summed E-state index contributed by atoms with van der Waals surface area (Å²) in [6.45, 7) is 12.8. The van der Waals surface area contributed by atoms with Gasteiger partial charge in [0.05, 0.1) is 12.2 Å². The van der Waals surface area contributed by atoms with Gasteiger partial charge in [-0.05, 0) is 63.7 Å². The number of hydrogen-bond acceptors (Lipinski definition) is 2. The summed E-state index contributed by atoms with van der Waals surface area (Å²) in [5.41, 5.74) is 0. The zero-order chi connectivity index (χ0) is 13.8. The fourth-order valence-corrected chi connectivity index (χ4v) is 3.86. The van der Waals surface area contributed by atoms with Crippen LogP contribution in [-0.2, 0) is 4.74 Å². The van der Waals surface area contributed by atoms with Crippen molar-refractivity contribution in [1.82, 2.24) is 4.90 Å². The Morgan fingerprint density at radius 1 is 1.00 bits per heavy atom. The van der Waals surface area contributed by atoms with Crippen LogP contribution in [0.25, 0.3) is 0 Å². The normalized spacial score (nSPS) is 33.5. The summed E-state index contributed by atoms with van der Waals surface area (Å²) in [5.74, 6) is 2.83. The summed E-state index contributed by atoms with van der Waals surface area (Å²) < 4.78 is 5.94. The second-order valence-electron chi connectivity index (χ2n) is 7.38. The lowest BCUT2D eigenvalue weighted by Crippen LogP contribution is -2.32. The number of hydrogen-bond donors (Lipinski definition) is 0. The molecule has 0 aromatic rings. The van der Waals surface area contributed by atoms with Crippen LogP contribution >= 0.6 is 0 Å². The van der Waals surface area contributed by atoms with Gasteiger partial charge < -0.3 is 9.64 Å². The SMILES string of the molecule is CC(C)O[C@H]1CCN(CC2CCC(C(C)C)CC2)C1. The van der Waals surface area contributed by atoms with E-state index in [9.17, 15) is 0 Å². The van der Waals surface area contributed by atoms with Gasteiger partial charge in [-0.15, -0.1) is 0 Å². The molecule has 0 unspecified atom stereocenters. The first-order valence-electron chi connectivity index (χ1n) is 8.42. The van der Waals surface area contributed by atoms with E-state index in [1.165, 1.54) is 51.7 Å². The maximum absolute atomic E-state index is 5.94. The van der Waals surface area contributed by atoms with Gasteiger partial charge in [-0.25, -0.2) is 0 Å². The van der Waals surface area contributed by atoms with Crippen molar-refractivity contribution in [3.8, 4) is 0 Å². The fourth-order valence-electron chi connectivity index (χ4n) is 3.86. The van der Waals surface area contributed by atoms with Gasteiger partial charge in [-0.3, -0.25) is 0 Å². The zero-order valence-electron chi connectivity index (χ0n) is 13.4. The molecule has 1 saturated carbocycles. The number of rotatable bonds is 5. The van der Waals surface area contributed by atoms with Crippen LogP contribution in [0.3, 0.4) is 0 Å². The summed E-state index contributed by atoms with van der Waals surface area (Å²) in [6, 6.07) is 0. The highest BCUT2D eigenvalue weighted by atomic mass is 16.5. The molecule has 1 aliphatic carbocycles. The van der Waals surface area contributed by atoms with Crippen molar-refractivity contribution in [3.05, 3.63) is 0 Å². The van der Waals surface area contributed by atoms with E-state index in [0.717, 1.165) is 17.8 Å². The fraction of sp³-hybridized carbons (Fsp3) is 1.00. The molecule has 2 aliphatic rings. The van der Waals surface area contributed by atoms with E-state index in [0.29, 0.717) is 12.2 Å². The average molecular weight is 267 g/mol. The van der Waals surface area contributed by atoms with Crippen molar-refractivity contribution in [2.24, 2.45) is 17.8 Å². The molecule has 0 bridgehead atoms. The molecule has 0 radical (unpaired) electrons. The van der Waals surface area contributed by atoms with Crippen molar-refractivity contribution < 1.29 is 4.74 Å². The van der Waals surface area contributed by atoms with E-state index in [4.69, 9.17) is 4.74 Å². The molecule has 1 atom stereocenters. The van der Waals surface area contributed by atoms with Crippen LogP contribution in [0.15, 0.2) is 0 Å². The molecule has 1 saturated heterocycles. The molecule has 1 aliphatic heterocycles. The molecule has 0 spiro atoms. The molecule has 2 heteroatoms. The monoisotopic (exact) mass is 267 g/mol. The molecular weight excluding hydrogens is 234 g/mol. The highest BCUT2D eigenvalue weighted by Crippen LogP contribution is 2.34. The van der Waals surface area contributed by atoms with Crippen LogP contribution in [-0.4, -0.2) is 36.7 Å². The van der Waals surface area contributed by atoms with Gasteiger partial charge in [0.25, 0.3) is 0 Å². The highest BCUT2D eigenvalue weighted by molar-refractivity contribution is 4.81. The largest absolute Gasteiger partial charge is 0.374 e. The van der Waals surface area contributed by atoms with Crippen molar-refractivity contribution in [1.29, 1.82) is 0 Å². The molecule has 0 N–H and O–H groups in total. The third kappa shape index (κ3) is 4.75. The predicted octanol–water partition coefficient (Wildman–Crippen LogP) is 3.95. The molecule has 1 heterocycles. The summed E-state index contributed by atoms with van der Waals surface area (Å²) >= 11 is 0. The lowest BCUT2D eigenvalue weighted by Gasteiger charge is -2.33. The van der Waals surface area contributed by atoms with Gasteiger partial charge >= 0.3 is 0 Å². The Bertz CT molecular complexity index is 256. The summed E-state index contributed by atoms with van der Waals surface area (Å²) in [6.07, 6.45) is 7.94. The van der Waals surface area contributed by atoms with E-state index in [2.05, 4.69) is 32.6 Å². The van der Waals surface area contributed by atoms with E-state index in [1.54, 1.807) is 0 Å². The molecule has 19 heavy (non-hydrogen) atoms. The molecule has 0 amide bonds. The number of nitrogens with zero attached hydrogens (tertiary/aromatic N) is 1. The Morgan fingerprint density at radius 3 is 2.26 bits per heavy atom. The topological polar surface area (TPSA) is 12.5 Å². The Hall–Kier alpha value is -0.0800. The third-order valence-corrected chi connectivity index (χ3v) is 5.04.